The van der Waals surface area contributed by atoms with Crippen LogP contribution < -0.4 is 0 Å². The summed E-state index contributed by atoms with van der Waals surface area (Å²) in [5, 5.41) is 0.806. The quantitative estimate of drug-likeness (QED) is 0.780. The van der Waals surface area contributed by atoms with Crippen LogP contribution in [0.2, 0.25) is 0 Å². The van der Waals surface area contributed by atoms with Crippen molar-refractivity contribution in [2.75, 3.05) is 7.11 Å². The SMILES string of the molecule is COC(=O)c1ncnc(-c2sc(C)nc2C)c1F. The number of hydrogen-bond acceptors (Lipinski definition) is 6. The second-order valence-corrected chi connectivity index (χ2v) is 4.73. The Labute approximate surface area is 107 Å². The number of hydrogen-bond donors (Lipinski definition) is 0. The summed E-state index contributed by atoms with van der Waals surface area (Å²) in [5.41, 5.74) is 0.382. The number of aromatic nitrogens is 3. The molecule has 2 rings (SSSR count). The molecular formula is C11H10FN3O2S. The van der Waals surface area contributed by atoms with E-state index in [1.165, 1.54) is 18.4 Å². The Morgan fingerprint density at radius 3 is 2.67 bits per heavy atom. The van der Waals surface area contributed by atoms with Gasteiger partial charge < -0.3 is 4.74 Å². The van der Waals surface area contributed by atoms with Crippen molar-refractivity contribution in [2.24, 2.45) is 0 Å². The summed E-state index contributed by atoms with van der Waals surface area (Å²) in [6.45, 7) is 3.58. The van der Waals surface area contributed by atoms with Gasteiger partial charge >= 0.3 is 5.97 Å². The van der Waals surface area contributed by atoms with Crippen molar-refractivity contribution in [1.82, 2.24) is 15.0 Å². The van der Waals surface area contributed by atoms with Gasteiger partial charge in [-0.1, -0.05) is 0 Å². The summed E-state index contributed by atoms with van der Waals surface area (Å²) in [6, 6.07) is 0. The highest BCUT2D eigenvalue weighted by molar-refractivity contribution is 7.15. The van der Waals surface area contributed by atoms with E-state index in [1.54, 1.807) is 6.92 Å². The van der Waals surface area contributed by atoms with Gasteiger partial charge in [0, 0.05) is 0 Å². The van der Waals surface area contributed by atoms with Crippen molar-refractivity contribution in [3.05, 3.63) is 28.5 Å². The molecule has 0 aliphatic heterocycles. The topological polar surface area (TPSA) is 65.0 Å². The minimum Gasteiger partial charge on any atom is -0.464 e. The van der Waals surface area contributed by atoms with Crippen molar-refractivity contribution in [2.45, 2.75) is 13.8 Å². The standard InChI is InChI=1S/C11H10FN3O2S/c1-5-10(18-6(2)15-5)8-7(12)9(11(16)17-3)14-4-13-8/h4H,1-3H3. The van der Waals surface area contributed by atoms with Crippen LogP contribution in [0.4, 0.5) is 4.39 Å². The lowest BCUT2D eigenvalue weighted by molar-refractivity contribution is 0.0588. The fourth-order valence-electron chi connectivity index (χ4n) is 1.52. The molecule has 0 fully saturated rings. The molecular weight excluding hydrogens is 257 g/mol. The van der Waals surface area contributed by atoms with Gasteiger partial charge in [-0.2, -0.15) is 0 Å². The summed E-state index contributed by atoms with van der Waals surface area (Å²) in [4.78, 5) is 23.6. The summed E-state index contributed by atoms with van der Waals surface area (Å²) in [7, 11) is 1.17. The lowest BCUT2D eigenvalue weighted by atomic mass is 10.2. The van der Waals surface area contributed by atoms with Gasteiger partial charge in [0.15, 0.2) is 11.5 Å². The zero-order valence-electron chi connectivity index (χ0n) is 10.0. The molecule has 7 heteroatoms. The van der Waals surface area contributed by atoms with Crippen LogP contribution >= 0.6 is 11.3 Å². The molecule has 0 spiro atoms. The Morgan fingerprint density at radius 2 is 2.11 bits per heavy atom. The highest BCUT2D eigenvalue weighted by atomic mass is 32.1. The zero-order chi connectivity index (χ0) is 13.3. The molecule has 0 N–H and O–H groups in total. The second kappa shape index (κ2) is 4.77. The van der Waals surface area contributed by atoms with Crippen LogP contribution in [0.1, 0.15) is 21.2 Å². The maximum Gasteiger partial charge on any atom is 0.359 e. The Morgan fingerprint density at radius 1 is 1.39 bits per heavy atom. The van der Waals surface area contributed by atoms with E-state index in [4.69, 9.17) is 0 Å². The van der Waals surface area contributed by atoms with Gasteiger partial charge in [-0.05, 0) is 13.8 Å². The maximum absolute atomic E-state index is 14.1. The number of esters is 1. The zero-order valence-corrected chi connectivity index (χ0v) is 10.8. The van der Waals surface area contributed by atoms with Crippen LogP contribution in [0.25, 0.3) is 10.6 Å². The van der Waals surface area contributed by atoms with Gasteiger partial charge in [0.05, 0.1) is 22.7 Å². The van der Waals surface area contributed by atoms with E-state index in [9.17, 15) is 9.18 Å². The molecule has 18 heavy (non-hydrogen) atoms. The average Bonchev–Trinajstić information content (AvgIpc) is 2.68. The van der Waals surface area contributed by atoms with Gasteiger partial charge in [-0.3, -0.25) is 0 Å². The number of nitrogens with zero attached hydrogens (tertiary/aromatic N) is 3. The first-order valence-electron chi connectivity index (χ1n) is 5.07. The number of carbonyl (C=O) groups is 1. The Bertz CT molecular complexity index is 612. The van der Waals surface area contributed by atoms with Crippen LogP contribution in [0.3, 0.4) is 0 Å². The molecule has 0 aromatic carbocycles. The van der Waals surface area contributed by atoms with Crippen LogP contribution in [0, 0.1) is 19.7 Å². The normalized spacial score (nSPS) is 10.4. The van der Waals surface area contributed by atoms with Gasteiger partial charge in [0.25, 0.3) is 0 Å². The minimum atomic E-state index is -0.824. The van der Waals surface area contributed by atoms with Gasteiger partial charge in [-0.15, -0.1) is 11.3 Å². The number of carbonyl (C=O) groups excluding carboxylic acids is 1. The summed E-state index contributed by atoms with van der Waals surface area (Å²) in [5.74, 6) is -1.61. The predicted octanol–water partition coefficient (Wildman–Crippen LogP) is 2.14. The first kappa shape index (κ1) is 12.6. The first-order valence-corrected chi connectivity index (χ1v) is 5.89. The van der Waals surface area contributed by atoms with E-state index in [-0.39, 0.29) is 11.4 Å². The van der Waals surface area contributed by atoms with Crippen LogP contribution in [0.15, 0.2) is 6.33 Å². The van der Waals surface area contributed by atoms with Crippen molar-refractivity contribution in [1.29, 1.82) is 0 Å². The van der Waals surface area contributed by atoms with Gasteiger partial charge in [0.1, 0.15) is 12.0 Å². The first-order chi connectivity index (χ1) is 8.54. The van der Waals surface area contributed by atoms with Crippen molar-refractivity contribution in [3.63, 3.8) is 0 Å². The van der Waals surface area contributed by atoms with Gasteiger partial charge in [-0.25, -0.2) is 24.1 Å². The molecule has 0 amide bonds. The molecule has 0 atom stereocenters. The molecule has 2 aromatic rings. The van der Waals surface area contributed by atoms with E-state index in [0.29, 0.717) is 10.6 Å². The molecule has 0 saturated carbocycles. The third kappa shape index (κ3) is 2.08. The monoisotopic (exact) mass is 267 g/mol. The number of methoxy groups -OCH3 is 1. The average molecular weight is 267 g/mol. The summed E-state index contributed by atoms with van der Waals surface area (Å²) >= 11 is 1.32. The molecule has 0 bridgehead atoms. The fourth-order valence-corrected chi connectivity index (χ4v) is 2.43. The van der Waals surface area contributed by atoms with Crippen LogP contribution in [-0.2, 0) is 4.74 Å². The van der Waals surface area contributed by atoms with E-state index >= 15 is 0 Å². The third-order valence-electron chi connectivity index (χ3n) is 2.29. The molecule has 0 unspecified atom stereocenters. The number of thiazole rings is 1. The number of aryl methyl sites for hydroxylation is 2. The number of rotatable bonds is 2. The fraction of sp³-hybridized carbons (Fsp3) is 0.273. The van der Waals surface area contributed by atoms with Crippen molar-refractivity contribution >= 4 is 17.3 Å². The molecule has 94 valence electrons. The molecule has 0 saturated heterocycles. The van der Waals surface area contributed by atoms with Gasteiger partial charge in [0.2, 0.25) is 0 Å². The smallest absolute Gasteiger partial charge is 0.359 e. The Balaban J connectivity index is 2.59. The number of ether oxygens (including phenoxy) is 1. The number of halogens is 1. The lowest BCUT2D eigenvalue weighted by Crippen LogP contribution is -2.09. The maximum atomic E-state index is 14.1. The highest BCUT2D eigenvalue weighted by Crippen LogP contribution is 2.30. The van der Waals surface area contributed by atoms with Crippen LogP contribution in [-0.4, -0.2) is 28.0 Å². The third-order valence-corrected chi connectivity index (χ3v) is 3.37. The largest absolute Gasteiger partial charge is 0.464 e. The van der Waals surface area contributed by atoms with Crippen molar-refractivity contribution in [3.8, 4) is 10.6 Å². The second-order valence-electron chi connectivity index (χ2n) is 3.52. The Kier molecular flexibility index (Phi) is 3.33. The minimum absolute atomic E-state index is 0.0773. The summed E-state index contributed by atoms with van der Waals surface area (Å²) in [6.07, 6.45) is 1.14. The Hall–Kier alpha value is -1.89. The predicted molar refractivity (Wildman–Crippen MR) is 63.9 cm³/mol. The molecule has 0 radical (unpaired) electrons. The molecule has 2 aromatic heterocycles. The van der Waals surface area contributed by atoms with Crippen molar-refractivity contribution < 1.29 is 13.9 Å². The molecule has 5 nitrogen and oxygen atoms in total. The van der Waals surface area contributed by atoms with Crippen LogP contribution in [0.5, 0.6) is 0 Å². The lowest BCUT2D eigenvalue weighted by Gasteiger charge is -2.03. The van der Waals surface area contributed by atoms with E-state index in [1.807, 2.05) is 6.92 Å². The van der Waals surface area contributed by atoms with E-state index < -0.39 is 11.8 Å². The summed E-state index contributed by atoms with van der Waals surface area (Å²) < 4.78 is 18.6. The van der Waals surface area contributed by atoms with E-state index in [2.05, 4.69) is 19.7 Å². The molecule has 0 aliphatic rings. The molecule has 0 aliphatic carbocycles. The highest BCUT2D eigenvalue weighted by Gasteiger charge is 2.21. The van der Waals surface area contributed by atoms with E-state index in [0.717, 1.165) is 11.3 Å². The molecule has 2 heterocycles.